The van der Waals surface area contributed by atoms with E-state index < -0.39 is 273 Å². The number of aromatic nitrogens is 18. The molecule has 7 saturated heterocycles. The van der Waals surface area contributed by atoms with Gasteiger partial charge in [0.2, 0.25) is 5.95 Å². The molecule has 0 aliphatic carbocycles. The molecule has 9 aromatic heterocycles. The maximum atomic E-state index is 13.7. The van der Waals surface area contributed by atoms with Gasteiger partial charge >= 0.3 is 75.5 Å². The van der Waals surface area contributed by atoms with Crippen LogP contribution >= 0.6 is 47.0 Å². The molecule has 0 radical (unpaired) electrons. The lowest BCUT2D eigenvalue weighted by Gasteiger charge is -2.29. The Bertz CT molecular complexity index is 7360. The predicted octanol–water partition coefficient (Wildman–Crippen LogP) is -0.0128. The first kappa shape index (κ1) is 110. The molecule has 0 aromatic carbocycles. The molecule has 73 heteroatoms. The van der Waals surface area contributed by atoms with Crippen LogP contribution in [-0.2, 0) is 179 Å². The minimum Gasteiger partial charge on any atom is -0.383 e. The molecule has 16 heterocycles. The van der Waals surface area contributed by atoms with Gasteiger partial charge in [-0.3, -0.25) is 71.1 Å². The zero-order valence-electron chi connectivity index (χ0n) is 75.9. The van der Waals surface area contributed by atoms with Gasteiger partial charge < -0.3 is 154 Å². The van der Waals surface area contributed by atoms with E-state index >= 15 is 0 Å². The van der Waals surface area contributed by atoms with E-state index in [2.05, 4.69) is 54.8 Å². The highest BCUT2D eigenvalue weighted by atomic mass is 32.5. The van der Waals surface area contributed by atoms with Crippen molar-refractivity contribution in [1.82, 2.24) is 86.8 Å². The SMILES string of the molecule is COP(O)(=S)OC1C[C@H](n2cnc3c(=O)[nH]c(N)nc32)O[C@@H]1COP(O)(=S)OC1C[C@H](n2cc(C)c(=O)[nH]c2=O)O[C@@H]1COP(O)(=S)OC1C[C@H](n2cnc3c(N)ncnc32)O[C@@H]1COP(O)(=S)OC1C[C@H](n2cc(C)c(N)nc2=O)O[C@@H]1COP(O)(=S)OC1C[C@H](n2cc(C)c(=O)[nH]c2=O)O[C@@H]1COP(O)(=S)OC1C[C@H](n2cc(C)c(N)nc2=O)O[C@@H]1COP(O)(=S)OC1C[C@H](n2cc(C)c(=O)[nH]c2=O)O[C@@H]1C. The normalized spacial score (nSPS) is 29.7. The highest BCUT2D eigenvalue weighted by Gasteiger charge is 2.52. The summed E-state index contributed by atoms with van der Waals surface area (Å²) in [7, 11) is 1.11. The number of nitrogen functional groups attached to an aromatic ring is 4. The van der Waals surface area contributed by atoms with Crippen molar-refractivity contribution in [2.75, 3.05) is 69.7 Å². The summed E-state index contributed by atoms with van der Waals surface area (Å²) >= 11 is 38.9. The minimum atomic E-state index is -4.76. The van der Waals surface area contributed by atoms with E-state index in [1.165, 1.54) is 73.5 Å². The molecule has 7 fully saturated rings. The molecule has 59 nitrogen and oxygen atoms in total. The van der Waals surface area contributed by atoms with E-state index in [4.69, 9.17) is 202 Å². The molecule has 16 rings (SSSR count). The van der Waals surface area contributed by atoms with Gasteiger partial charge in [0.15, 0.2) is 22.6 Å². The zero-order valence-corrected chi connectivity index (χ0v) is 87.8. The third-order valence-corrected chi connectivity index (χ3v) is 35.0. The first-order chi connectivity index (χ1) is 67.6. The van der Waals surface area contributed by atoms with Crippen LogP contribution in [0.1, 0.15) is 123 Å². The third kappa shape index (κ3) is 25.9. The largest absolute Gasteiger partial charge is 0.383 e. The maximum absolute atomic E-state index is 13.7. The maximum Gasteiger partial charge on any atom is 0.351 e. The lowest BCUT2D eigenvalue weighted by Crippen LogP contribution is -2.33. The Morgan fingerprint density at radius 2 is 0.618 bits per heavy atom. The number of nitrogens with two attached hydrogens (primary N) is 4. The van der Waals surface area contributed by atoms with Crippen molar-refractivity contribution in [1.29, 1.82) is 0 Å². The molecular formula is C71H95N22O37P7S7. The monoisotopic (exact) mass is 2290 g/mol. The van der Waals surface area contributed by atoms with Gasteiger partial charge in [-0.1, -0.05) is 0 Å². The van der Waals surface area contributed by atoms with Crippen LogP contribution in [0.4, 0.5) is 23.4 Å². The molecule has 0 bridgehead atoms. The van der Waals surface area contributed by atoms with E-state index in [0.717, 1.165) is 36.3 Å². The van der Waals surface area contributed by atoms with Crippen LogP contribution in [-0.4, -0.2) is 253 Å². The molecule has 28 atom stereocenters. The summed E-state index contributed by atoms with van der Waals surface area (Å²) in [6, 6.07) is 0. The van der Waals surface area contributed by atoms with Crippen LogP contribution in [0.25, 0.3) is 22.3 Å². The Kier molecular flexibility index (Phi) is 33.6. The molecule has 19 N–H and O–H groups in total. The topological polar surface area (TPSA) is 781 Å². The lowest BCUT2D eigenvalue weighted by molar-refractivity contribution is -0.0576. The van der Waals surface area contributed by atoms with E-state index in [1.54, 1.807) is 20.8 Å². The van der Waals surface area contributed by atoms with Crippen molar-refractivity contribution < 1.29 is 131 Å². The number of hydrogen-bond acceptors (Lipinski definition) is 48. The number of imidazole rings is 2. The van der Waals surface area contributed by atoms with Crippen molar-refractivity contribution in [3.63, 3.8) is 0 Å². The van der Waals surface area contributed by atoms with Gasteiger partial charge in [0.05, 0.1) is 101 Å². The molecule has 14 unspecified atom stereocenters. The number of H-pyrrole nitrogens is 4. The highest BCUT2D eigenvalue weighted by molar-refractivity contribution is 8.09. The van der Waals surface area contributed by atoms with Crippen molar-refractivity contribution in [3.8, 4) is 0 Å². The molecule has 0 saturated carbocycles. The molecular weight excluding hydrogens is 2190 g/mol. The van der Waals surface area contributed by atoms with Gasteiger partial charge in [-0.05, 0) is 124 Å². The van der Waals surface area contributed by atoms with Crippen molar-refractivity contribution in [3.05, 3.63) is 172 Å². The quantitative estimate of drug-likeness (QED) is 0.0225. The average Bonchev–Trinajstić information content (AvgIpc) is 1.63. The Balaban J connectivity index is 0.605. The van der Waals surface area contributed by atoms with Crippen molar-refractivity contribution in [2.45, 2.75) is 216 Å². The standard InChI is InChI=1S/C71H95N22O37P7S7/c1-29-15-87(67(98)80-57(29)72)49-9-37(43(118-49)21-111-132(104,139)124-35-8-48(117-34(35)6)89-17-31(3)62(94)84-69(89)100)126-134(106,141)114-23-45-40(12-52(120-45)91-19-33(5)64(96)86-71(91)102)129-135(107,142)113-22-44-38(10-50(119-44)88-16-30(2)58(73)81-68(88)99)127-136(108,143)116-25-47-41(14-53(122-47)92-27-78-55-59(74)76-26-77-60(55)92)130-137(109,144)115-24-46-39(11-51(121-46)90-18-32(4)63(95)85-70(90)101)128-133(105,140)112-20-42-36(125-131(103,138)110-7)13-54(123-42)93-28-79-56-61(93)82-66(75)83-65(56)97/h15-19,26-28,34-54H,8-14,20-25H2,1-7H3,(H,103,138)(H,104,139)(H,105,140)(H,106,141)(H,107,142)(H,108,143)(H,109,144)(H2,72,80,98)(H2,73,81,99)(H2,74,76,77)(H,84,94,100)(H,85,95,101)(H,86,96,102)(H3,75,82,83,97)/t34-,35?,36?,37?,38?,39?,40?,41?,42-,43-,44-,45-,46-,47-,48-,49-,50-,51-,52-,53-,54-,131?,132?,133?,134?,135?,136?,137?/m1/s1. The number of nitrogens with one attached hydrogen (secondary N) is 4. The van der Waals surface area contributed by atoms with Gasteiger partial charge in [0, 0.05) is 111 Å². The fourth-order valence-corrected chi connectivity index (χ4v) is 26.4. The summed E-state index contributed by atoms with van der Waals surface area (Å²) in [4.78, 5) is 238. The zero-order chi connectivity index (χ0) is 104. The molecule has 0 spiro atoms. The summed E-state index contributed by atoms with van der Waals surface area (Å²) in [5.74, 6) is -0.494. The van der Waals surface area contributed by atoms with Gasteiger partial charge in [-0.25, -0.2) is 43.9 Å². The van der Waals surface area contributed by atoms with Crippen LogP contribution < -0.4 is 73.6 Å². The molecule has 9 aromatic rings. The fourth-order valence-electron chi connectivity index (χ4n) is 16.5. The highest BCUT2D eigenvalue weighted by Crippen LogP contribution is 2.59. The van der Waals surface area contributed by atoms with E-state index in [0.29, 0.717) is 11.1 Å². The van der Waals surface area contributed by atoms with E-state index in [-0.39, 0.29) is 101 Å². The molecule has 0 amide bonds. The number of rotatable bonds is 40. The Morgan fingerprint density at radius 3 is 0.951 bits per heavy atom. The number of aromatic amines is 4. The average molecular weight is 2290 g/mol. The number of nitrogens with zero attached hydrogens (tertiary/aromatic N) is 14. The van der Waals surface area contributed by atoms with Crippen LogP contribution in [0.5, 0.6) is 0 Å². The summed E-state index contributed by atoms with van der Waals surface area (Å²) in [5, 5.41) is 0. The number of ether oxygens (including phenoxy) is 7. The van der Waals surface area contributed by atoms with Gasteiger partial charge in [-0.15, -0.1) is 0 Å². The first-order valence-corrected chi connectivity index (χ1v) is 61.2. The van der Waals surface area contributed by atoms with Crippen LogP contribution in [0, 0.1) is 34.6 Å². The first-order valence-electron chi connectivity index (χ1n) is 43.0. The molecule has 7 aliphatic heterocycles. The molecule has 144 heavy (non-hydrogen) atoms. The van der Waals surface area contributed by atoms with Crippen molar-refractivity contribution >= 4 is 175 Å². The van der Waals surface area contributed by atoms with E-state index in [1.807, 2.05) is 0 Å². The number of aryl methyl sites for hydroxylation is 5. The molecule has 7 aliphatic rings. The fraction of sp³-hybridized carbons (Fsp3) is 0.577. The molecule has 788 valence electrons. The number of anilines is 4. The van der Waals surface area contributed by atoms with E-state index in [9.17, 15) is 77.4 Å². The van der Waals surface area contributed by atoms with Crippen molar-refractivity contribution in [2.24, 2.45) is 0 Å². The van der Waals surface area contributed by atoms with Crippen LogP contribution in [0.15, 0.2) is 93.1 Å². The van der Waals surface area contributed by atoms with Crippen LogP contribution in [0.2, 0.25) is 0 Å². The third-order valence-electron chi connectivity index (χ3n) is 23.7. The number of hydrogen-bond donors (Lipinski definition) is 15. The van der Waals surface area contributed by atoms with Crippen LogP contribution in [0.3, 0.4) is 0 Å². The van der Waals surface area contributed by atoms with Gasteiger partial charge in [-0.2, -0.15) is 15.0 Å². The summed E-state index contributed by atoms with van der Waals surface area (Å²) in [6.07, 6.45) is -19.0. The second kappa shape index (κ2) is 44.0. The Labute approximate surface area is 844 Å². The van der Waals surface area contributed by atoms with Gasteiger partial charge in [0.25, 0.3) is 22.2 Å². The second-order valence-corrected chi connectivity index (χ2v) is 53.4. The Hall–Kier alpha value is -6.67. The van der Waals surface area contributed by atoms with Gasteiger partial charge in [0.1, 0.15) is 104 Å². The Morgan fingerprint density at radius 1 is 0.340 bits per heavy atom. The predicted molar refractivity (Wildman–Crippen MR) is 523 cm³/mol. The summed E-state index contributed by atoms with van der Waals surface area (Å²) < 4.78 is 136. The second-order valence-electron chi connectivity index (χ2n) is 33.8. The number of fused-ring (bicyclic) bond motifs is 2. The minimum absolute atomic E-state index is 0.00822. The lowest BCUT2D eigenvalue weighted by atomic mass is 10.2. The smallest absolute Gasteiger partial charge is 0.351 e. The summed E-state index contributed by atoms with van der Waals surface area (Å²) in [6.45, 7) is -27.2. The summed E-state index contributed by atoms with van der Waals surface area (Å²) in [5.41, 5.74) is 18.0.